The molecule has 0 unspecified atom stereocenters. The summed E-state index contributed by atoms with van der Waals surface area (Å²) in [6.07, 6.45) is 5.65. The summed E-state index contributed by atoms with van der Waals surface area (Å²) < 4.78 is 68.7. The summed E-state index contributed by atoms with van der Waals surface area (Å²) in [5.74, 6) is -6.28. The van der Waals surface area contributed by atoms with Gasteiger partial charge in [0.1, 0.15) is 11.2 Å². The van der Waals surface area contributed by atoms with Crippen molar-refractivity contribution in [2.45, 2.75) is 114 Å². The van der Waals surface area contributed by atoms with Gasteiger partial charge >= 0.3 is 12.2 Å². The second-order valence-electron chi connectivity index (χ2n) is 18.2. The Hall–Kier alpha value is -6.82. The Bertz CT molecular complexity index is 2620. The second kappa shape index (κ2) is 19.0. The Labute approximate surface area is 378 Å². The van der Waals surface area contributed by atoms with Crippen LogP contribution in [0, 0.1) is 23.3 Å². The Morgan fingerprint density at radius 3 is 1.45 bits per heavy atom. The molecule has 0 saturated carbocycles. The molecule has 346 valence electrons. The number of fused-ring (bicyclic) bond motifs is 3. The van der Waals surface area contributed by atoms with Crippen LogP contribution in [0.4, 0.5) is 27.2 Å². The fraction of sp³-hybridized carbons (Fsp3) is 0.375. The van der Waals surface area contributed by atoms with Gasteiger partial charge in [-0.05, 0) is 103 Å². The summed E-state index contributed by atoms with van der Waals surface area (Å²) in [4.78, 5) is 70.8. The van der Waals surface area contributed by atoms with Gasteiger partial charge in [0.15, 0.2) is 23.3 Å². The lowest BCUT2D eigenvalue weighted by Gasteiger charge is -2.29. The van der Waals surface area contributed by atoms with E-state index in [2.05, 4.69) is 30.6 Å². The summed E-state index contributed by atoms with van der Waals surface area (Å²) in [5, 5.41) is 5.56. The molecule has 4 amide bonds. The Kier molecular flexibility index (Phi) is 13.5. The zero-order valence-electron chi connectivity index (χ0n) is 37.2. The average Bonchev–Trinajstić information content (AvgIpc) is 3.33. The number of imide groups is 1. The van der Waals surface area contributed by atoms with E-state index in [0.29, 0.717) is 29.9 Å². The largest absolute Gasteiger partial charge is 0.444 e. The molecule has 0 bridgehead atoms. The molecule has 0 spiro atoms. The van der Waals surface area contributed by atoms with Crippen molar-refractivity contribution in [2.75, 3.05) is 0 Å². The topological polar surface area (TPSA) is 192 Å². The van der Waals surface area contributed by atoms with E-state index in [1.54, 1.807) is 65.8 Å². The molecule has 0 saturated heterocycles. The predicted molar refractivity (Wildman–Crippen MR) is 232 cm³/mol. The van der Waals surface area contributed by atoms with Crippen LogP contribution in [-0.4, -0.2) is 60.0 Å². The predicted octanol–water partition coefficient (Wildman–Crippen LogP) is 9.13. The van der Waals surface area contributed by atoms with Crippen molar-refractivity contribution in [3.8, 4) is 0 Å². The van der Waals surface area contributed by atoms with Crippen molar-refractivity contribution >= 4 is 24.0 Å². The van der Waals surface area contributed by atoms with Gasteiger partial charge in [-0.1, -0.05) is 36.4 Å². The molecule has 2 aromatic heterocycles. The maximum absolute atomic E-state index is 15.1. The van der Waals surface area contributed by atoms with Gasteiger partial charge in [0.05, 0.1) is 52.0 Å². The minimum atomic E-state index is -1.04. The molecule has 8 rings (SSSR count). The third-order valence-electron chi connectivity index (χ3n) is 11.4. The highest BCUT2D eigenvalue weighted by molar-refractivity contribution is 6.21. The molecular formula is C48H50F4N8O6. The Morgan fingerprint density at radius 2 is 1.00 bits per heavy atom. The number of nitrogens with zero attached hydrogens (tertiary/aromatic N) is 5. The van der Waals surface area contributed by atoms with Crippen LogP contribution in [0.5, 0.6) is 0 Å². The van der Waals surface area contributed by atoms with Gasteiger partial charge in [-0.15, -0.1) is 0 Å². The number of hydrogen-bond donors (Lipinski definition) is 3. The highest BCUT2D eigenvalue weighted by Crippen LogP contribution is 2.46. The van der Waals surface area contributed by atoms with Gasteiger partial charge in [0, 0.05) is 42.7 Å². The Balaban J connectivity index is 0.000000206. The first kappa shape index (κ1) is 47.2. The van der Waals surface area contributed by atoms with E-state index in [4.69, 9.17) is 15.2 Å². The first-order valence-corrected chi connectivity index (χ1v) is 21.4. The standard InChI is InChI=1S/C28H26F2N4O4.C20H24F2N4O2/c1-28(2,3)38-27(37)33-22-16(15-9-6-10-19(29)21(15)30)11-12-20(23-24(22)32-14-13-31-23)34-25(35)17-7-4-5-8-18(17)26(34)36;1-20(2,3)28-19(27)26-16-12(11-5-4-6-13(21)15(11)22)7-8-14(23)17-18(16)25-10-9-24-17/h4-10,13-14,16,20,22H,11-12H2,1-3H3,(H,33,37);4-6,9-10,12,14,16H,7-8,23H2,1-3H3,(H,26,27)/t16-,20+,22-;12-,14+,16-/m00/s1. The van der Waals surface area contributed by atoms with Crippen LogP contribution in [0.3, 0.4) is 0 Å². The van der Waals surface area contributed by atoms with Gasteiger partial charge in [-0.25, -0.2) is 27.2 Å². The molecule has 3 aromatic carbocycles. The van der Waals surface area contributed by atoms with Crippen LogP contribution in [0.2, 0.25) is 0 Å². The number of halogens is 4. The van der Waals surface area contributed by atoms with E-state index in [1.165, 1.54) is 49.1 Å². The molecule has 3 heterocycles. The number of amides is 4. The van der Waals surface area contributed by atoms with Crippen molar-refractivity contribution in [1.82, 2.24) is 35.5 Å². The van der Waals surface area contributed by atoms with E-state index >= 15 is 4.39 Å². The van der Waals surface area contributed by atoms with Crippen molar-refractivity contribution in [2.24, 2.45) is 5.73 Å². The molecule has 5 aromatic rings. The lowest BCUT2D eigenvalue weighted by atomic mass is 9.86. The van der Waals surface area contributed by atoms with Crippen LogP contribution in [0.15, 0.2) is 85.5 Å². The number of hydrogen-bond acceptors (Lipinski definition) is 11. The van der Waals surface area contributed by atoms with E-state index in [9.17, 15) is 32.3 Å². The van der Waals surface area contributed by atoms with Crippen LogP contribution < -0.4 is 16.4 Å². The molecule has 1 aliphatic heterocycles. The van der Waals surface area contributed by atoms with Crippen molar-refractivity contribution in [3.05, 3.63) is 154 Å². The number of nitrogens with one attached hydrogen (secondary N) is 2. The maximum atomic E-state index is 15.1. The highest BCUT2D eigenvalue weighted by atomic mass is 19.2. The van der Waals surface area contributed by atoms with Gasteiger partial charge in [-0.2, -0.15) is 0 Å². The van der Waals surface area contributed by atoms with E-state index in [0.717, 1.165) is 17.0 Å². The molecule has 0 radical (unpaired) electrons. The average molecular weight is 911 g/mol. The molecule has 3 aliphatic rings. The van der Waals surface area contributed by atoms with Gasteiger partial charge < -0.3 is 25.8 Å². The molecule has 0 fully saturated rings. The summed E-state index contributed by atoms with van der Waals surface area (Å²) >= 11 is 0. The Morgan fingerprint density at radius 1 is 0.591 bits per heavy atom. The number of carbonyl (C=O) groups is 4. The smallest absolute Gasteiger partial charge is 0.408 e. The second-order valence-corrected chi connectivity index (χ2v) is 18.2. The number of ether oxygens (including phenoxy) is 2. The van der Waals surface area contributed by atoms with E-state index in [1.807, 2.05) is 0 Å². The zero-order chi connectivity index (χ0) is 47.7. The monoisotopic (exact) mass is 910 g/mol. The van der Waals surface area contributed by atoms with Crippen LogP contribution in [-0.2, 0) is 9.47 Å². The number of rotatable bonds is 5. The van der Waals surface area contributed by atoms with E-state index in [-0.39, 0.29) is 40.8 Å². The lowest BCUT2D eigenvalue weighted by molar-refractivity contribution is 0.0481. The molecule has 66 heavy (non-hydrogen) atoms. The molecular weight excluding hydrogens is 861 g/mol. The third-order valence-corrected chi connectivity index (χ3v) is 11.4. The van der Waals surface area contributed by atoms with Crippen molar-refractivity contribution in [3.63, 3.8) is 0 Å². The third kappa shape index (κ3) is 10.0. The van der Waals surface area contributed by atoms with Gasteiger partial charge in [0.2, 0.25) is 0 Å². The molecule has 18 heteroatoms. The van der Waals surface area contributed by atoms with Gasteiger partial charge in [-0.3, -0.25) is 34.4 Å². The zero-order valence-corrected chi connectivity index (χ0v) is 37.2. The van der Waals surface area contributed by atoms with E-state index < -0.39 is 94.5 Å². The summed E-state index contributed by atoms with van der Waals surface area (Å²) in [5.41, 5.74) is 6.96. The minimum Gasteiger partial charge on any atom is -0.444 e. The normalized spacial score (nSPS) is 21.5. The fourth-order valence-corrected chi connectivity index (χ4v) is 8.66. The van der Waals surface area contributed by atoms with Crippen LogP contribution >= 0.6 is 0 Å². The quantitative estimate of drug-likeness (QED) is 0.0866. The first-order chi connectivity index (χ1) is 31.2. The highest BCUT2D eigenvalue weighted by Gasteiger charge is 2.46. The van der Waals surface area contributed by atoms with Crippen molar-refractivity contribution < 1.29 is 46.2 Å². The van der Waals surface area contributed by atoms with Gasteiger partial charge in [0.25, 0.3) is 11.8 Å². The number of aromatic nitrogens is 4. The SMILES string of the molecule is CC(C)(C)OC(=O)N[C@@H]1c2nccnc2[C@H](N)CC[C@H]1c1cccc(F)c1F.CC(C)(C)OC(=O)N[C@@H]1c2nccnc2[C@H](N2C(=O)c3ccccc3C2=O)CC[C@H]1c1cccc(F)c1F. The molecule has 14 nitrogen and oxygen atoms in total. The van der Waals surface area contributed by atoms with Crippen LogP contribution in [0.1, 0.15) is 158 Å². The molecule has 6 atom stereocenters. The van der Waals surface area contributed by atoms with Crippen molar-refractivity contribution in [1.29, 1.82) is 0 Å². The number of carbonyl (C=O) groups excluding carboxylic acids is 4. The lowest BCUT2D eigenvalue weighted by Crippen LogP contribution is -2.38. The minimum absolute atomic E-state index is 0.0330. The van der Waals surface area contributed by atoms with Crippen LogP contribution in [0.25, 0.3) is 0 Å². The summed E-state index contributed by atoms with van der Waals surface area (Å²) in [6, 6.07) is 11.4. The maximum Gasteiger partial charge on any atom is 0.408 e. The molecule has 2 aliphatic carbocycles. The number of alkyl carbamates (subject to hydrolysis) is 2. The summed E-state index contributed by atoms with van der Waals surface area (Å²) in [7, 11) is 0. The first-order valence-electron chi connectivity index (χ1n) is 21.4. The molecule has 4 N–H and O–H groups in total. The number of benzene rings is 3. The fourth-order valence-electron chi connectivity index (χ4n) is 8.66. The number of nitrogens with two attached hydrogens (primary N) is 1. The summed E-state index contributed by atoms with van der Waals surface area (Å²) in [6.45, 7) is 10.3.